The van der Waals surface area contributed by atoms with E-state index in [1.54, 1.807) is 6.20 Å². The number of aliphatic hydroxyl groups excluding tert-OH is 1. The highest BCUT2D eigenvalue weighted by Gasteiger charge is 2.24. The Hall–Kier alpha value is -0.680. The van der Waals surface area contributed by atoms with Crippen LogP contribution in [0.5, 0.6) is 0 Å². The molecule has 1 N–H and O–H groups in total. The van der Waals surface area contributed by atoms with E-state index in [0.29, 0.717) is 5.15 Å². The van der Waals surface area contributed by atoms with Gasteiger partial charge in [-0.1, -0.05) is 11.6 Å². The molecule has 0 radical (unpaired) electrons. The van der Waals surface area contributed by atoms with Gasteiger partial charge in [-0.2, -0.15) is 0 Å². The third-order valence-corrected chi connectivity index (χ3v) is 3.01. The number of hydrogen-bond donors (Lipinski definition) is 1. The summed E-state index contributed by atoms with van der Waals surface area (Å²) in [6, 6.07) is 3.83. The third kappa shape index (κ3) is 3.64. The highest BCUT2D eigenvalue weighted by molar-refractivity contribution is 6.29. The molecule has 2 unspecified atom stereocenters. The summed E-state index contributed by atoms with van der Waals surface area (Å²) in [6.07, 6.45) is 1.78. The molecule has 2 heterocycles. The summed E-state index contributed by atoms with van der Waals surface area (Å²) in [5, 5.41) is 9.67. The Balaban J connectivity index is 1.98. The lowest BCUT2D eigenvalue weighted by Gasteiger charge is -2.36. The van der Waals surface area contributed by atoms with E-state index in [9.17, 15) is 0 Å². The van der Waals surface area contributed by atoms with E-state index < -0.39 is 0 Å². The van der Waals surface area contributed by atoms with Crippen LogP contribution in [0.4, 0.5) is 0 Å². The number of pyridine rings is 1. The number of ether oxygens (including phenoxy) is 1. The maximum absolute atomic E-state index is 9.15. The minimum atomic E-state index is -0.0870. The summed E-state index contributed by atoms with van der Waals surface area (Å²) >= 11 is 5.85. The van der Waals surface area contributed by atoms with Crippen LogP contribution >= 0.6 is 11.6 Å². The summed E-state index contributed by atoms with van der Waals surface area (Å²) in [7, 11) is 0. The summed E-state index contributed by atoms with van der Waals surface area (Å²) in [5.74, 6) is 0. The number of rotatable bonds is 3. The van der Waals surface area contributed by atoms with E-state index in [2.05, 4.69) is 9.88 Å². The van der Waals surface area contributed by atoms with Crippen LogP contribution in [0.1, 0.15) is 12.5 Å². The molecular formula is C12H17ClN2O2. The second-order valence-electron chi connectivity index (χ2n) is 4.43. The largest absolute Gasteiger partial charge is 0.394 e. The Morgan fingerprint density at radius 2 is 2.41 bits per heavy atom. The quantitative estimate of drug-likeness (QED) is 0.829. The van der Waals surface area contributed by atoms with Crippen LogP contribution in [-0.2, 0) is 11.3 Å². The first-order valence-electron chi connectivity index (χ1n) is 5.76. The van der Waals surface area contributed by atoms with Crippen LogP contribution in [0.25, 0.3) is 0 Å². The number of hydrogen-bond acceptors (Lipinski definition) is 4. The van der Waals surface area contributed by atoms with Crippen LogP contribution in [0.15, 0.2) is 18.3 Å². The van der Waals surface area contributed by atoms with Crippen LogP contribution < -0.4 is 0 Å². The molecule has 0 saturated carbocycles. The topological polar surface area (TPSA) is 45.6 Å². The average molecular weight is 257 g/mol. The van der Waals surface area contributed by atoms with E-state index >= 15 is 0 Å². The molecule has 2 atom stereocenters. The number of morpholine rings is 1. The van der Waals surface area contributed by atoms with Crippen LogP contribution in [0.3, 0.4) is 0 Å². The molecule has 0 aromatic carbocycles. The van der Waals surface area contributed by atoms with Crippen molar-refractivity contribution in [2.24, 2.45) is 0 Å². The van der Waals surface area contributed by atoms with Gasteiger partial charge in [0, 0.05) is 25.8 Å². The molecule has 1 saturated heterocycles. The average Bonchev–Trinajstić information content (AvgIpc) is 2.28. The summed E-state index contributed by atoms with van der Waals surface area (Å²) in [4.78, 5) is 6.23. The lowest BCUT2D eigenvalue weighted by atomic mass is 10.2. The zero-order valence-electron chi connectivity index (χ0n) is 9.84. The Morgan fingerprint density at radius 3 is 3.12 bits per heavy atom. The van der Waals surface area contributed by atoms with Crippen molar-refractivity contribution in [3.8, 4) is 0 Å². The van der Waals surface area contributed by atoms with E-state index in [1.807, 2.05) is 19.1 Å². The summed E-state index contributed by atoms with van der Waals surface area (Å²) in [5.41, 5.74) is 1.13. The predicted octanol–water partition coefficient (Wildman–Crippen LogP) is 1.32. The lowest BCUT2D eigenvalue weighted by Crippen LogP contribution is -2.47. The molecule has 5 heteroatoms. The molecule has 1 aliphatic heterocycles. The minimum Gasteiger partial charge on any atom is -0.394 e. The third-order valence-electron chi connectivity index (χ3n) is 2.80. The summed E-state index contributed by atoms with van der Waals surface area (Å²) in [6.45, 7) is 4.52. The zero-order valence-corrected chi connectivity index (χ0v) is 10.6. The Kier molecular flexibility index (Phi) is 4.34. The maximum Gasteiger partial charge on any atom is 0.129 e. The molecule has 1 aromatic heterocycles. The fraction of sp³-hybridized carbons (Fsp3) is 0.583. The monoisotopic (exact) mass is 256 g/mol. The summed E-state index contributed by atoms with van der Waals surface area (Å²) < 4.78 is 5.60. The first kappa shape index (κ1) is 12.8. The molecule has 17 heavy (non-hydrogen) atoms. The van der Waals surface area contributed by atoms with E-state index in [4.69, 9.17) is 21.4 Å². The molecule has 2 rings (SSSR count). The van der Waals surface area contributed by atoms with Gasteiger partial charge in [-0.25, -0.2) is 4.98 Å². The normalized spacial score (nSPS) is 26.1. The number of aliphatic hydroxyl groups is 1. The van der Waals surface area contributed by atoms with E-state index in [1.165, 1.54) is 0 Å². The second kappa shape index (κ2) is 5.78. The second-order valence-corrected chi connectivity index (χ2v) is 4.82. The Labute approximate surface area is 106 Å². The maximum atomic E-state index is 9.15. The smallest absolute Gasteiger partial charge is 0.129 e. The van der Waals surface area contributed by atoms with Crippen molar-refractivity contribution < 1.29 is 9.84 Å². The fourth-order valence-electron chi connectivity index (χ4n) is 2.17. The molecule has 0 amide bonds. The van der Waals surface area contributed by atoms with Gasteiger partial charge in [0.1, 0.15) is 5.15 Å². The molecule has 1 fully saturated rings. The molecule has 0 aliphatic carbocycles. The van der Waals surface area contributed by atoms with Gasteiger partial charge in [0.2, 0.25) is 0 Å². The molecule has 1 aromatic rings. The van der Waals surface area contributed by atoms with Gasteiger partial charge < -0.3 is 9.84 Å². The van der Waals surface area contributed by atoms with Gasteiger partial charge in [-0.05, 0) is 24.6 Å². The van der Waals surface area contributed by atoms with Gasteiger partial charge in [0.05, 0.1) is 18.8 Å². The lowest BCUT2D eigenvalue weighted by molar-refractivity contribution is -0.0972. The Morgan fingerprint density at radius 1 is 1.59 bits per heavy atom. The van der Waals surface area contributed by atoms with Crippen molar-refractivity contribution in [2.45, 2.75) is 25.7 Å². The highest BCUT2D eigenvalue weighted by atomic mass is 35.5. The van der Waals surface area contributed by atoms with Crippen molar-refractivity contribution >= 4 is 11.6 Å². The van der Waals surface area contributed by atoms with Gasteiger partial charge >= 0.3 is 0 Å². The number of aromatic nitrogens is 1. The van der Waals surface area contributed by atoms with Crippen LogP contribution in [0.2, 0.25) is 5.15 Å². The van der Waals surface area contributed by atoms with Gasteiger partial charge in [-0.3, -0.25) is 4.90 Å². The molecular weight excluding hydrogens is 240 g/mol. The standard InChI is InChI=1S/C12H17ClN2O2/c1-9-5-15(7-11(8-16)17-9)6-10-2-3-14-12(13)4-10/h2-4,9,11,16H,5-8H2,1H3. The minimum absolute atomic E-state index is 0.0674. The fourth-order valence-corrected chi connectivity index (χ4v) is 2.37. The van der Waals surface area contributed by atoms with Crippen molar-refractivity contribution in [2.75, 3.05) is 19.7 Å². The number of halogens is 1. The molecule has 94 valence electrons. The van der Waals surface area contributed by atoms with Crippen LogP contribution in [0, 0.1) is 0 Å². The van der Waals surface area contributed by atoms with Crippen molar-refractivity contribution in [1.29, 1.82) is 0 Å². The SMILES string of the molecule is CC1CN(Cc2ccnc(Cl)c2)CC(CO)O1. The van der Waals surface area contributed by atoms with Gasteiger partial charge in [-0.15, -0.1) is 0 Å². The van der Waals surface area contributed by atoms with Crippen molar-refractivity contribution in [3.05, 3.63) is 29.0 Å². The zero-order chi connectivity index (χ0) is 12.3. The molecule has 1 aliphatic rings. The van der Waals surface area contributed by atoms with Crippen LogP contribution in [-0.4, -0.2) is 46.9 Å². The van der Waals surface area contributed by atoms with E-state index in [-0.39, 0.29) is 18.8 Å². The molecule has 0 bridgehead atoms. The molecule has 4 nitrogen and oxygen atoms in total. The van der Waals surface area contributed by atoms with E-state index in [0.717, 1.165) is 25.2 Å². The van der Waals surface area contributed by atoms with Crippen molar-refractivity contribution in [1.82, 2.24) is 9.88 Å². The first-order valence-corrected chi connectivity index (χ1v) is 6.14. The van der Waals surface area contributed by atoms with Gasteiger partial charge in [0.25, 0.3) is 0 Å². The molecule has 0 spiro atoms. The Bertz CT molecular complexity index is 375. The van der Waals surface area contributed by atoms with Crippen molar-refractivity contribution in [3.63, 3.8) is 0 Å². The van der Waals surface area contributed by atoms with Gasteiger partial charge in [0.15, 0.2) is 0 Å². The first-order chi connectivity index (χ1) is 8.17. The highest BCUT2D eigenvalue weighted by Crippen LogP contribution is 2.15. The number of nitrogens with zero attached hydrogens (tertiary/aromatic N) is 2. The predicted molar refractivity (Wildman–Crippen MR) is 65.9 cm³/mol.